The van der Waals surface area contributed by atoms with Crippen LogP contribution < -0.4 is 10.2 Å². The van der Waals surface area contributed by atoms with E-state index in [9.17, 15) is 19.7 Å². The number of hydrogen-bond donors (Lipinski definition) is 1. The van der Waals surface area contributed by atoms with E-state index in [0.29, 0.717) is 31.9 Å². The van der Waals surface area contributed by atoms with Crippen LogP contribution in [0.2, 0.25) is 0 Å². The lowest BCUT2D eigenvalue weighted by Gasteiger charge is -2.34. The van der Waals surface area contributed by atoms with Gasteiger partial charge in [-0.2, -0.15) is 0 Å². The third kappa shape index (κ3) is 5.64. The van der Waals surface area contributed by atoms with Gasteiger partial charge in [0.2, 0.25) is 16.9 Å². The Hall–Kier alpha value is -2.73. The van der Waals surface area contributed by atoms with Gasteiger partial charge in [-0.05, 0) is 5.56 Å². The Balaban J connectivity index is 1.48. The van der Waals surface area contributed by atoms with E-state index in [-0.39, 0.29) is 23.9 Å². The van der Waals surface area contributed by atoms with Gasteiger partial charge in [0.15, 0.2) is 4.34 Å². The second-order valence-electron chi connectivity index (χ2n) is 6.28. The maximum absolute atomic E-state index is 12.5. The molecule has 29 heavy (non-hydrogen) atoms. The lowest BCUT2D eigenvalue weighted by molar-refractivity contribution is -0.384. The fraction of sp³-hybridized carbons (Fsp3) is 0.412. The van der Waals surface area contributed by atoms with E-state index in [1.165, 1.54) is 35.2 Å². The molecule has 1 N–H and O–H groups in total. The largest absolute Gasteiger partial charge is 0.358 e. The summed E-state index contributed by atoms with van der Waals surface area (Å²) in [6, 6.07) is 6.06. The molecule has 0 spiro atoms. The van der Waals surface area contributed by atoms with Crippen LogP contribution in [0.15, 0.2) is 28.6 Å². The first kappa shape index (κ1) is 21.0. The van der Waals surface area contributed by atoms with Gasteiger partial charge in [0.05, 0.1) is 17.1 Å². The summed E-state index contributed by atoms with van der Waals surface area (Å²) >= 11 is 2.78. The molecule has 1 fully saturated rings. The van der Waals surface area contributed by atoms with Crippen LogP contribution in [0, 0.1) is 10.1 Å². The Bertz CT molecular complexity index is 880. The number of rotatable bonds is 7. The molecule has 1 aliphatic heterocycles. The molecule has 0 atom stereocenters. The van der Waals surface area contributed by atoms with E-state index in [1.807, 2.05) is 0 Å². The number of carbonyl (C=O) groups is 2. The molecular weight excluding hydrogens is 416 g/mol. The number of hydrogen-bond acceptors (Lipinski definition) is 9. The minimum absolute atomic E-state index is 0.00223. The topological polar surface area (TPSA) is 122 Å². The predicted molar refractivity (Wildman–Crippen MR) is 110 cm³/mol. The van der Waals surface area contributed by atoms with Crippen molar-refractivity contribution >= 4 is 45.7 Å². The van der Waals surface area contributed by atoms with Gasteiger partial charge in [0, 0.05) is 45.4 Å². The molecule has 10 nitrogen and oxygen atoms in total. The highest BCUT2D eigenvalue weighted by atomic mass is 32.2. The molecule has 2 amide bonds. The fourth-order valence-electron chi connectivity index (χ4n) is 2.76. The zero-order chi connectivity index (χ0) is 20.8. The van der Waals surface area contributed by atoms with Crippen molar-refractivity contribution in [3.05, 3.63) is 39.9 Å². The van der Waals surface area contributed by atoms with E-state index in [2.05, 4.69) is 20.4 Å². The lowest BCUT2D eigenvalue weighted by Crippen LogP contribution is -2.49. The summed E-state index contributed by atoms with van der Waals surface area (Å²) < 4.78 is 0.736. The molecule has 154 valence electrons. The van der Waals surface area contributed by atoms with Gasteiger partial charge < -0.3 is 15.1 Å². The first-order chi connectivity index (χ1) is 14.0. The minimum Gasteiger partial charge on any atom is -0.358 e. The first-order valence-corrected chi connectivity index (χ1v) is 10.7. The monoisotopic (exact) mass is 436 g/mol. The third-order valence-corrected chi connectivity index (χ3v) is 6.52. The van der Waals surface area contributed by atoms with Crippen LogP contribution >= 0.6 is 23.1 Å². The highest BCUT2D eigenvalue weighted by Crippen LogP contribution is 2.28. The maximum atomic E-state index is 12.5. The molecule has 1 aromatic carbocycles. The standard InChI is InChI=1S/C17H20N6O4S2/c1-18-14(24)11-28-17-20-19-16(29-17)22-8-6-21(7-9-22)15(25)10-12-2-4-13(5-3-12)23(26)27/h2-5H,6-11H2,1H3,(H,18,24). The summed E-state index contributed by atoms with van der Waals surface area (Å²) in [5.41, 5.74) is 0.768. The number of nitro benzene ring substituents is 1. The molecule has 0 saturated carbocycles. The number of thioether (sulfide) groups is 1. The van der Waals surface area contributed by atoms with Crippen molar-refractivity contribution in [2.24, 2.45) is 0 Å². The number of nitrogens with one attached hydrogen (secondary N) is 1. The molecule has 0 unspecified atom stereocenters. The Labute approximate surface area is 175 Å². The van der Waals surface area contributed by atoms with E-state index in [0.717, 1.165) is 15.0 Å². The second kappa shape index (κ2) is 9.65. The summed E-state index contributed by atoms with van der Waals surface area (Å²) in [5, 5.41) is 22.4. The van der Waals surface area contributed by atoms with E-state index in [1.54, 1.807) is 24.1 Å². The maximum Gasteiger partial charge on any atom is 0.269 e. The van der Waals surface area contributed by atoms with Gasteiger partial charge in [0.25, 0.3) is 5.69 Å². The molecule has 0 bridgehead atoms. The zero-order valence-corrected chi connectivity index (χ0v) is 17.4. The van der Waals surface area contributed by atoms with Crippen LogP contribution in [0.1, 0.15) is 5.56 Å². The Morgan fingerprint density at radius 1 is 1.21 bits per heavy atom. The molecule has 1 aromatic heterocycles. The van der Waals surface area contributed by atoms with Crippen molar-refractivity contribution in [3.8, 4) is 0 Å². The summed E-state index contributed by atoms with van der Waals surface area (Å²) in [6.07, 6.45) is 0.219. The molecule has 1 aliphatic rings. The average Bonchev–Trinajstić information content (AvgIpc) is 3.21. The Morgan fingerprint density at radius 3 is 2.52 bits per heavy atom. The van der Waals surface area contributed by atoms with Crippen LogP contribution in [0.5, 0.6) is 0 Å². The Morgan fingerprint density at radius 2 is 1.90 bits per heavy atom. The van der Waals surface area contributed by atoms with Crippen LogP contribution in [-0.2, 0) is 16.0 Å². The molecule has 2 heterocycles. The van der Waals surface area contributed by atoms with Crippen LogP contribution in [0.3, 0.4) is 0 Å². The van der Waals surface area contributed by atoms with Gasteiger partial charge in [0.1, 0.15) is 0 Å². The lowest BCUT2D eigenvalue weighted by atomic mass is 10.1. The Kier molecular flexibility index (Phi) is 6.99. The number of piperazine rings is 1. The van der Waals surface area contributed by atoms with Gasteiger partial charge in [-0.3, -0.25) is 19.7 Å². The smallest absolute Gasteiger partial charge is 0.269 e. The molecule has 1 saturated heterocycles. The van der Waals surface area contributed by atoms with E-state index < -0.39 is 4.92 Å². The van der Waals surface area contributed by atoms with Gasteiger partial charge in [-0.25, -0.2) is 0 Å². The molecule has 0 aliphatic carbocycles. The van der Waals surface area contributed by atoms with Crippen molar-refractivity contribution in [2.75, 3.05) is 43.9 Å². The summed E-state index contributed by atoms with van der Waals surface area (Å²) in [4.78, 5) is 38.0. The second-order valence-corrected chi connectivity index (χ2v) is 8.46. The molecule has 0 radical (unpaired) electrons. The molecule has 3 rings (SSSR count). The van der Waals surface area contributed by atoms with E-state index >= 15 is 0 Å². The van der Waals surface area contributed by atoms with Gasteiger partial charge in [-0.15, -0.1) is 10.2 Å². The van der Waals surface area contributed by atoms with Crippen molar-refractivity contribution in [1.82, 2.24) is 20.4 Å². The highest BCUT2D eigenvalue weighted by Gasteiger charge is 2.23. The predicted octanol–water partition coefficient (Wildman–Crippen LogP) is 1.18. The number of aromatic nitrogens is 2. The first-order valence-electron chi connectivity index (χ1n) is 8.89. The fourth-order valence-corrected chi connectivity index (χ4v) is 4.52. The van der Waals surface area contributed by atoms with Crippen molar-refractivity contribution in [3.63, 3.8) is 0 Å². The van der Waals surface area contributed by atoms with Crippen molar-refractivity contribution < 1.29 is 14.5 Å². The van der Waals surface area contributed by atoms with Crippen LogP contribution in [0.25, 0.3) is 0 Å². The van der Waals surface area contributed by atoms with Crippen LogP contribution in [0.4, 0.5) is 10.8 Å². The number of nitrogens with zero attached hydrogens (tertiary/aromatic N) is 5. The average molecular weight is 437 g/mol. The number of anilines is 1. The van der Waals surface area contributed by atoms with Crippen molar-refractivity contribution in [1.29, 1.82) is 0 Å². The van der Waals surface area contributed by atoms with Crippen molar-refractivity contribution in [2.45, 2.75) is 10.8 Å². The normalized spacial score (nSPS) is 14.0. The molecular formula is C17H20N6O4S2. The summed E-state index contributed by atoms with van der Waals surface area (Å²) in [5.74, 6) is 0.236. The highest BCUT2D eigenvalue weighted by molar-refractivity contribution is 8.01. The zero-order valence-electron chi connectivity index (χ0n) is 15.7. The molecule has 2 aromatic rings. The summed E-state index contributed by atoms with van der Waals surface area (Å²) in [6.45, 7) is 2.46. The van der Waals surface area contributed by atoms with Gasteiger partial charge in [-0.1, -0.05) is 35.2 Å². The number of non-ortho nitro benzene ring substituents is 1. The third-order valence-electron chi connectivity index (χ3n) is 4.41. The van der Waals surface area contributed by atoms with Gasteiger partial charge >= 0.3 is 0 Å². The summed E-state index contributed by atoms with van der Waals surface area (Å²) in [7, 11) is 1.59. The number of benzene rings is 1. The van der Waals surface area contributed by atoms with Crippen LogP contribution in [-0.4, -0.2) is 70.8 Å². The molecule has 12 heteroatoms. The quantitative estimate of drug-likeness (QED) is 0.390. The van der Waals surface area contributed by atoms with E-state index in [4.69, 9.17) is 0 Å². The SMILES string of the molecule is CNC(=O)CSc1nnc(N2CCN(C(=O)Cc3ccc([N+](=O)[O-])cc3)CC2)s1. The number of carbonyl (C=O) groups excluding carboxylic acids is 2. The number of nitro groups is 1. The minimum atomic E-state index is -0.458. The number of amides is 2.